The van der Waals surface area contributed by atoms with Crippen LogP contribution < -0.4 is 20.3 Å². The summed E-state index contributed by atoms with van der Waals surface area (Å²) in [6, 6.07) is 6.91. The van der Waals surface area contributed by atoms with Crippen LogP contribution >= 0.6 is 0 Å². The largest absolute Gasteiger partial charge is 0.491 e. The van der Waals surface area contributed by atoms with Crippen molar-refractivity contribution >= 4 is 40.9 Å². The third kappa shape index (κ3) is 6.65. The number of carbonyl (C=O) groups is 5. The number of aromatic nitrogens is 2. The molecule has 4 aliphatic rings. The van der Waals surface area contributed by atoms with Gasteiger partial charge in [0.1, 0.15) is 17.3 Å². The molecular formula is C36H33F3N6O6. The Morgan fingerprint density at radius 2 is 1.76 bits per heavy atom. The fourth-order valence-corrected chi connectivity index (χ4v) is 6.11. The number of amides is 5. The number of nitrogens with zero attached hydrogens (tertiary/aromatic N) is 4. The Balaban J connectivity index is 0.972. The van der Waals surface area contributed by atoms with E-state index in [0.29, 0.717) is 24.6 Å². The van der Waals surface area contributed by atoms with Gasteiger partial charge in [-0.2, -0.15) is 18.3 Å². The topological polar surface area (TPSA) is 143 Å². The highest BCUT2D eigenvalue weighted by molar-refractivity contribution is 6.23. The lowest BCUT2D eigenvalue weighted by molar-refractivity contribution is -0.138. The first-order chi connectivity index (χ1) is 24.2. The Hall–Kier alpha value is -5.65. The highest BCUT2D eigenvalue weighted by Crippen LogP contribution is 2.38. The molecule has 3 fully saturated rings. The van der Waals surface area contributed by atoms with Crippen LogP contribution in [0.15, 0.2) is 48.8 Å². The first-order valence-electron chi connectivity index (χ1n) is 16.5. The zero-order valence-corrected chi connectivity index (χ0v) is 27.7. The van der Waals surface area contributed by atoms with Gasteiger partial charge in [0.15, 0.2) is 0 Å². The molecule has 1 aliphatic carbocycles. The van der Waals surface area contributed by atoms with E-state index in [9.17, 15) is 37.1 Å². The molecule has 3 aliphatic heterocycles. The summed E-state index contributed by atoms with van der Waals surface area (Å²) in [5.74, 6) is 3.77. The van der Waals surface area contributed by atoms with Crippen molar-refractivity contribution in [2.24, 2.45) is 11.8 Å². The number of piperidine rings is 1. The molecule has 1 aromatic heterocycles. The summed E-state index contributed by atoms with van der Waals surface area (Å²) in [6.45, 7) is 4.65. The van der Waals surface area contributed by atoms with Crippen LogP contribution in [0, 0.1) is 23.7 Å². The fraction of sp³-hybridized carbons (Fsp3) is 0.389. The van der Waals surface area contributed by atoms with Gasteiger partial charge in [-0.1, -0.05) is 11.8 Å². The predicted octanol–water partition coefficient (Wildman–Crippen LogP) is 3.95. The van der Waals surface area contributed by atoms with Gasteiger partial charge in [-0.25, -0.2) is 0 Å². The summed E-state index contributed by atoms with van der Waals surface area (Å²) in [7, 11) is 0. The van der Waals surface area contributed by atoms with Crippen LogP contribution in [0.3, 0.4) is 0 Å². The van der Waals surface area contributed by atoms with Crippen LogP contribution in [0.4, 0.5) is 24.5 Å². The molecule has 0 bridgehead atoms. The molecule has 264 valence electrons. The molecule has 1 unspecified atom stereocenters. The lowest BCUT2D eigenvalue weighted by atomic mass is 9.98. The van der Waals surface area contributed by atoms with Crippen molar-refractivity contribution in [2.45, 2.75) is 57.3 Å². The summed E-state index contributed by atoms with van der Waals surface area (Å²) >= 11 is 0. The van der Waals surface area contributed by atoms with Crippen molar-refractivity contribution in [3.8, 4) is 17.6 Å². The number of alkyl halides is 3. The minimum Gasteiger partial charge on any atom is -0.491 e. The average molecular weight is 703 g/mol. The first kappa shape index (κ1) is 33.8. The molecule has 7 rings (SSSR count). The van der Waals surface area contributed by atoms with Crippen LogP contribution in [0.2, 0.25) is 0 Å². The van der Waals surface area contributed by atoms with Gasteiger partial charge in [-0.3, -0.25) is 38.9 Å². The van der Waals surface area contributed by atoms with Crippen molar-refractivity contribution in [2.75, 3.05) is 29.9 Å². The molecule has 2 saturated heterocycles. The number of anilines is 2. The van der Waals surface area contributed by atoms with Gasteiger partial charge in [-0.05, 0) is 75.4 Å². The van der Waals surface area contributed by atoms with Gasteiger partial charge in [0.25, 0.3) is 17.7 Å². The van der Waals surface area contributed by atoms with Crippen LogP contribution in [0.1, 0.15) is 71.4 Å². The van der Waals surface area contributed by atoms with Crippen LogP contribution in [-0.2, 0) is 26.1 Å². The van der Waals surface area contributed by atoms with Crippen molar-refractivity contribution in [1.29, 1.82) is 0 Å². The van der Waals surface area contributed by atoms with Crippen molar-refractivity contribution in [3.63, 3.8) is 0 Å². The summed E-state index contributed by atoms with van der Waals surface area (Å²) in [4.78, 5) is 66.4. The van der Waals surface area contributed by atoms with E-state index >= 15 is 0 Å². The third-order valence-corrected chi connectivity index (χ3v) is 9.53. The highest BCUT2D eigenvalue weighted by Gasteiger charge is 2.45. The number of fused-ring (bicyclic) bond motifs is 1. The zero-order valence-electron chi connectivity index (χ0n) is 27.7. The molecule has 51 heavy (non-hydrogen) atoms. The monoisotopic (exact) mass is 702 g/mol. The van der Waals surface area contributed by atoms with Crippen molar-refractivity contribution in [1.82, 2.24) is 20.0 Å². The maximum atomic E-state index is 13.4. The number of benzene rings is 2. The number of hydrogen-bond acceptors (Lipinski definition) is 8. The Morgan fingerprint density at radius 1 is 1.02 bits per heavy atom. The number of imide groups is 2. The number of hydrogen-bond donors (Lipinski definition) is 2. The lowest BCUT2D eigenvalue weighted by Crippen LogP contribution is -2.54. The van der Waals surface area contributed by atoms with Crippen molar-refractivity contribution in [3.05, 3.63) is 71.0 Å². The van der Waals surface area contributed by atoms with E-state index in [1.54, 1.807) is 38.2 Å². The van der Waals surface area contributed by atoms with Gasteiger partial charge in [0, 0.05) is 31.4 Å². The Morgan fingerprint density at radius 3 is 2.47 bits per heavy atom. The third-order valence-electron chi connectivity index (χ3n) is 9.53. The number of rotatable bonds is 8. The van der Waals surface area contributed by atoms with Gasteiger partial charge in [0.2, 0.25) is 11.8 Å². The normalized spacial score (nSPS) is 19.3. The highest BCUT2D eigenvalue weighted by atomic mass is 19.4. The molecule has 4 heterocycles. The van der Waals surface area contributed by atoms with Gasteiger partial charge in [-0.15, -0.1) is 0 Å². The van der Waals surface area contributed by atoms with E-state index in [-0.39, 0.29) is 47.9 Å². The number of nitrogens with one attached hydrogen (secondary N) is 2. The molecule has 0 spiro atoms. The summed E-state index contributed by atoms with van der Waals surface area (Å²) in [5, 5.41) is 9.22. The van der Waals surface area contributed by atoms with E-state index in [1.807, 2.05) is 4.90 Å². The van der Waals surface area contributed by atoms with E-state index < -0.39 is 52.9 Å². The minimum absolute atomic E-state index is 0.0102. The number of ether oxygens (including phenoxy) is 1. The Labute approximate surface area is 290 Å². The molecule has 2 aromatic carbocycles. The van der Waals surface area contributed by atoms with E-state index in [2.05, 4.69) is 27.6 Å². The second kappa shape index (κ2) is 12.6. The fourth-order valence-electron chi connectivity index (χ4n) is 6.11. The zero-order chi connectivity index (χ0) is 36.2. The molecule has 1 saturated carbocycles. The maximum absolute atomic E-state index is 13.4. The predicted molar refractivity (Wildman–Crippen MR) is 176 cm³/mol. The van der Waals surface area contributed by atoms with E-state index in [1.165, 1.54) is 16.9 Å². The minimum atomic E-state index is -4.56. The van der Waals surface area contributed by atoms with Crippen LogP contribution in [-0.4, -0.2) is 70.0 Å². The second-order valence-electron chi connectivity index (χ2n) is 13.7. The molecule has 5 amide bonds. The molecule has 12 nitrogen and oxygen atoms in total. The smallest absolute Gasteiger partial charge is 0.416 e. The number of carbonyl (C=O) groups excluding carboxylic acids is 5. The molecular weight excluding hydrogens is 669 g/mol. The molecule has 15 heteroatoms. The molecule has 0 radical (unpaired) electrons. The maximum Gasteiger partial charge on any atom is 0.416 e. The molecule has 2 N–H and O–H groups in total. The summed E-state index contributed by atoms with van der Waals surface area (Å²) in [5.41, 5.74) is -0.261. The standard InChI is InChI=1S/C36H33F3N6O6/c1-35(2,34(50)41-27-10-7-23(36(37,38)39)13-29(27)51-19-20-3-4-20)44-18-21(15-40-44)5-6-22-16-43(17-22)24-8-9-25-26(14-24)33(49)45(32(25)48)28-11-12-30(46)42-31(28)47/h7-10,13-15,18,20,22,28H,3-4,11-12,16-17,19H2,1-2H3,(H,41,50)(H,42,46,47). The van der Waals surface area contributed by atoms with Gasteiger partial charge < -0.3 is 15.0 Å². The Bertz CT molecular complexity index is 2040. The van der Waals surface area contributed by atoms with E-state index in [0.717, 1.165) is 35.6 Å². The number of halogens is 3. The summed E-state index contributed by atoms with van der Waals surface area (Å²) < 4.78 is 47.2. The lowest BCUT2D eigenvalue weighted by Gasteiger charge is -2.38. The van der Waals surface area contributed by atoms with Crippen LogP contribution in [0.5, 0.6) is 5.75 Å². The van der Waals surface area contributed by atoms with Gasteiger partial charge >= 0.3 is 6.18 Å². The quantitative estimate of drug-likeness (QED) is 0.266. The summed E-state index contributed by atoms with van der Waals surface area (Å²) in [6.07, 6.45) is 0.616. The SMILES string of the molecule is CC(C)(C(=O)Nc1ccc(C(F)(F)F)cc1OCC1CC1)n1cc(C#CC2CN(c3ccc4c(c3)C(=O)N(C3CCC(=O)NC3=O)C4=O)C2)cn1. The van der Waals surface area contributed by atoms with Crippen molar-refractivity contribution < 1.29 is 41.9 Å². The molecule has 3 aromatic rings. The first-order valence-corrected chi connectivity index (χ1v) is 16.5. The Kier molecular flexibility index (Phi) is 8.35. The molecule has 1 atom stereocenters. The average Bonchev–Trinajstić information content (AvgIpc) is 3.71. The second-order valence-corrected chi connectivity index (χ2v) is 13.7. The van der Waals surface area contributed by atoms with Gasteiger partial charge in [0.05, 0.1) is 46.7 Å². The van der Waals surface area contributed by atoms with Crippen LogP contribution in [0.25, 0.3) is 0 Å². The van der Waals surface area contributed by atoms with E-state index in [4.69, 9.17) is 4.74 Å².